The zero-order valence-corrected chi connectivity index (χ0v) is 5.74. The molecular weight excluding hydrogens is 132 g/mol. The Balaban J connectivity index is 0.000000250. The average molecular weight is 140 g/mol. The summed E-state index contributed by atoms with van der Waals surface area (Å²) >= 11 is 2.07. The first-order chi connectivity index (χ1) is 2.50. The van der Waals surface area contributed by atoms with Crippen molar-refractivity contribution >= 4 is 11.8 Å². The van der Waals surface area contributed by atoms with E-state index in [1.165, 1.54) is 24.3 Å². The molecule has 0 radical (unpaired) electrons. The Morgan fingerprint density at radius 3 is 1.67 bits per heavy atom. The van der Waals surface area contributed by atoms with E-state index in [-0.39, 0.29) is 17.4 Å². The van der Waals surface area contributed by atoms with Gasteiger partial charge < -0.3 is 0 Å². The maximum absolute atomic E-state index is 2.07. The van der Waals surface area contributed by atoms with Crippen molar-refractivity contribution in [2.45, 2.75) is 12.8 Å². The van der Waals surface area contributed by atoms with E-state index in [2.05, 4.69) is 11.8 Å². The fourth-order valence-electron chi connectivity index (χ4n) is 0.510. The van der Waals surface area contributed by atoms with E-state index in [4.69, 9.17) is 0 Å². The minimum atomic E-state index is 0. The largest absolute Gasteiger partial charge is 0.162 e. The van der Waals surface area contributed by atoms with Crippen molar-refractivity contribution in [2.75, 3.05) is 11.5 Å². The van der Waals surface area contributed by atoms with Crippen LogP contribution in [0.3, 0.4) is 0 Å². The predicted molar refractivity (Wildman–Crippen MR) is 26.6 cm³/mol. The summed E-state index contributed by atoms with van der Waals surface area (Å²) in [6.45, 7) is 0. The molecule has 36 valence electrons. The molecule has 1 saturated heterocycles. The molecule has 0 aromatic rings. The van der Waals surface area contributed by atoms with Crippen LogP contribution in [-0.2, 0) is 17.4 Å². The number of thioether (sulfide) groups is 1. The first-order valence-electron chi connectivity index (χ1n) is 2.08. The average Bonchev–Trinajstić information content (AvgIpc) is 1.76. The molecule has 0 bridgehead atoms. The Kier molecular flexibility index (Phi) is 4.65. The smallest absolute Gasteiger partial charge is 0 e. The van der Waals surface area contributed by atoms with Crippen molar-refractivity contribution in [3.05, 3.63) is 0 Å². The van der Waals surface area contributed by atoms with Gasteiger partial charge in [-0.25, -0.2) is 0 Å². The van der Waals surface area contributed by atoms with E-state index in [1.807, 2.05) is 0 Å². The molecule has 1 aliphatic rings. The molecular formula is C4H8CrS. The maximum atomic E-state index is 2.07. The fourth-order valence-corrected chi connectivity index (χ4v) is 1.53. The fraction of sp³-hybridized carbons (Fsp3) is 1.00. The van der Waals surface area contributed by atoms with Crippen LogP contribution in [0.15, 0.2) is 0 Å². The molecule has 1 rings (SSSR count). The van der Waals surface area contributed by atoms with E-state index in [9.17, 15) is 0 Å². The molecule has 1 heterocycles. The molecule has 0 unspecified atom stereocenters. The summed E-state index contributed by atoms with van der Waals surface area (Å²) in [6.07, 6.45) is 2.93. The molecule has 0 aromatic heterocycles. The number of hydrogen-bond donors (Lipinski definition) is 0. The van der Waals surface area contributed by atoms with Gasteiger partial charge in [0.25, 0.3) is 0 Å². The van der Waals surface area contributed by atoms with Crippen LogP contribution >= 0.6 is 11.8 Å². The topological polar surface area (TPSA) is 0 Å². The van der Waals surface area contributed by atoms with Crippen molar-refractivity contribution in [1.82, 2.24) is 0 Å². The number of hydrogen-bond acceptors (Lipinski definition) is 1. The summed E-state index contributed by atoms with van der Waals surface area (Å²) < 4.78 is 0. The van der Waals surface area contributed by atoms with Gasteiger partial charge in [0.05, 0.1) is 0 Å². The van der Waals surface area contributed by atoms with Crippen molar-refractivity contribution in [1.29, 1.82) is 0 Å². The van der Waals surface area contributed by atoms with Crippen molar-refractivity contribution in [2.24, 2.45) is 0 Å². The summed E-state index contributed by atoms with van der Waals surface area (Å²) in [5.74, 6) is 2.83. The zero-order chi connectivity index (χ0) is 3.54. The van der Waals surface area contributed by atoms with Crippen LogP contribution in [-0.4, -0.2) is 11.5 Å². The second kappa shape index (κ2) is 4.05. The van der Waals surface area contributed by atoms with E-state index in [0.717, 1.165) is 0 Å². The van der Waals surface area contributed by atoms with Crippen LogP contribution in [0.4, 0.5) is 0 Å². The van der Waals surface area contributed by atoms with Gasteiger partial charge in [-0.15, -0.1) is 0 Å². The van der Waals surface area contributed by atoms with E-state index < -0.39 is 0 Å². The van der Waals surface area contributed by atoms with Gasteiger partial charge in [-0.05, 0) is 24.3 Å². The van der Waals surface area contributed by atoms with Gasteiger partial charge in [0.15, 0.2) is 0 Å². The summed E-state index contributed by atoms with van der Waals surface area (Å²) in [4.78, 5) is 0. The third-order valence-corrected chi connectivity index (χ3v) is 1.98. The van der Waals surface area contributed by atoms with Gasteiger partial charge in [0, 0.05) is 17.4 Å². The van der Waals surface area contributed by atoms with Crippen LogP contribution in [0, 0.1) is 0 Å². The summed E-state index contributed by atoms with van der Waals surface area (Å²) in [5, 5.41) is 0. The van der Waals surface area contributed by atoms with Gasteiger partial charge in [-0.3, -0.25) is 0 Å². The standard InChI is InChI=1S/C4H8S.Cr/c1-2-4-5-3-1;/h1-4H2;. The molecule has 0 aliphatic carbocycles. The zero-order valence-electron chi connectivity index (χ0n) is 3.64. The first-order valence-corrected chi connectivity index (χ1v) is 3.23. The van der Waals surface area contributed by atoms with Gasteiger partial charge in [-0.2, -0.15) is 11.8 Å². The van der Waals surface area contributed by atoms with Gasteiger partial charge in [0.2, 0.25) is 0 Å². The summed E-state index contributed by atoms with van der Waals surface area (Å²) in [6, 6.07) is 0. The Morgan fingerprint density at radius 1 is 1.00 bits per heavy atom. The van der Waals surface area contributed by atoms with E-state index >= 15 is 0 Å². The molecule has 0 saturated carbocycles. The number of rotatable bonds is 0. The quantitative estimate of drug-likeness (QED) is 0.491. The molecule has 2 heteroatoms. The molecule has 0 spiro atoms. The van der Waals surface area contributed by atoms with Gasteiger partial charge >= 0.3 is 0 Å². The van der Waals surface area contributed by atoms with Crippen LogP contribution < -0.4 is 0 Å². The third kappa shape index (κ3) is 2.13. The van der Waals surface area contributed by atoms with Crippen molar-refractivity contribution < 1.29 is 17.4 Å². The SMILES string of the molecule is C1CCSC1.[Cr]. The Morgan fingerprint density at radius 2 is 1.50 bits per heavy atom. The summed E-state index contributed by atoms with van der Waals surface area (Å²) in [7, 11) is 0. The van der Waals surface area contributed by atoms with Gasteiger partial charge in [0.1, 0.15) is 0 Å². The molecule has 6 heavy (non-hydrogen) atoms. The second-order valence-electron chi connectivity index (χ2n) is 1.32. The Bertz CT molecular complexity index is 19.1. The molecule has 1 fully saturated rings. The third-order valence-electron chi connectivity index (χ3n) is 0.827. The second-order valence-corrected chi connectivity index (χ2v) is 2.54. The van der Waals surface area contributed by atoms with E-state index in [1.54, 1.807) is 0 Å². The predicted octanol–water partition coefficient (Wildman–Crippen LogP) is 1.51. The van der Waals surface area contributed by atoms with Crippen LogP contribution in [0.1, 0.15) is 12.8 Å². The maximum Gasteiger partial charge on any atom is 0 e. The van der Waals surface area contributed by atoms with Crippen LogP contribution in [0.25, 0.3) is 0 Å². The van der Waals surface area contributed by atoms with E-state index in [0.29, 0.717) is 0 Å². The molecule has 0 nitrogen and oxygen atoms in total. The van der Waals surface area contributed by atoms with Crippen molar-refractivity contribution in [3.63, 3.8) is 0 Å². The van der Waals surface area contributed by atoms with Crippen LogP contribution in [0.5, 0.6) is 0 Å². The molecule has 1 aliphatic heterocycles. The monoisotopic (exact) mass is 140 g/mol. The van der Waals surface area contributed by atoms with Crippen LogP contribution in [0.2, 0.25) is 0 Å². The molecule has 0 amide bonds. The normalized spacial score (nSPS) is 20.0. The molecule has 0 N–H and O–H groups in total. The summed E-state index contributed by atoms with van der Waals surface area (Å²) in [5.41, 5.74) is 0. The first kappa shape index (κ1) is 6.88. The van der Waals surface area contributed by atoms with Gasteiger partial charge in [-0.1, -0.05) is 0 Å². The minimum Gasteiger partial charge on any atom is -0.162 e. The Hall–Kier alpha value is 0.882. The Labute approximate surface area is 53.8 Å². The van der Waals surface area contributed by atoms with Crippen molar-refractivity contribution in [3.8, 4) is 0 Å². The minimum absolute atomic E-state index is 0. The molecule has 0 atom stereocenters. The molecule has 0 aromatic carbocycles.